The van der Waals surface area contributed by atoms with E-state index in [0.29, 0.717) is 12.0 Å². The van der Waals surface area contributed by atoms with E-state index in [9.17, 15) is 4.79 Å². The van der Waals surface area contributed by atoms with Gasteiger partial charge < -0.3 is 5.32 Å². The van der Waals surface area contributed by atoms with Crippen molar-refractivity contribution in [1.82, 2.24) is 5.32 Å². The Hall–Kier alpha value is -0.530. The Morgan fingerprint density at radius 1 is 1.75 bits per heavy atom. The van der Waals surface area contributed by atoms with Gasteiger partial charge in [-0.3, -0.25) is 4.79 Å². The molecule has 2 heteroatoms. The lowest BCUT2D eigenvalue weighted by Crippen LogP contribution is -2.55. The molecule has 0 saturated carbocycles. The zero-order chi connectivity index (χ0) is 6.15. The van der Waals surface area contributed by atoms with E-state index in [1.807, 2.05) is 13.8 Å². The SMILES string of the molecule is CC[C@H]1C(=O)N[C@@H]1C. The average molecular weight is 113 g/mol. The maximum atomic E-state index is 10.6. The summed E-state index contributed by atoms with van der Waals surface area (Å²) in [7, 11) is 0. The number of carbonyl (C=O) groups excluding carboxylic acids is 1. The minimum Gasteiger partial charge on any atom is -0.353 e. The van der Waals surface area contributed by atoms with Gasteiger partial charge in [0.25, 0.3) is 0 Å². The number of β-lactam (4-membered cyclic amide) rings is 1. The van der Waals surface area contributed by atoms with E-state index in [1.54, 1.807) is 0 Å². The quantitative estimate of drug-likeness (QED) is 0.494. The van der Waals surface area contributed by atoms with Crippen LogP contribution in [0.4, 0.5) is 0 Å². The van der Waals surface area contributed by atoms with Gasteiger partial charge in [0.2, 0.25) is 5.91 Å². The standard InChI is InChI=1S/C6H11NO/c1-3-5-4(2)7-6(5)8/h4-5H,3H2,1-2H3,(H,7,8)/t4-,5-/m1/s1. The van der Waals surface area contributed by atoms with Gasteiger partial charge in [-0.05, 0) is 13.3 Å². The molecule has 2 nitrogen and oxygen atoms in total. The number of amides is 1. The summed E-state index contributed by atoms with van der Waals surface area (Å²) in [5, 5.41) is 2.77. The molecule has 46 valence electrons. The van der Waals surface area contributed by atoms with Crippen molar-refractivity contribution >= 4 is 5.91 Å². The van der Waals surface area contributed by atoms with Crippen molar-refractivity contribution in [1.29, 1.82) is 0 Å². The van der Waals surface area contributed by atoms with Gasteiger partial charge in [-0.15, -0.1) is 0 Å². The summed E-state index contributed by atoms with van der Waals surface area (Å²) in [6.07, 6.45) is 0.979. The Labute approximate surface area is 49.3 Å². The van der Waals surface area contributed by atoms with Gasteiger partial charge in [0.05, 0.1) is 5.92 Å². The molecule has 0 spiro atoms. The van der Waals surface area contributed by atoms with Crippen LogP contribution in [0.5, 0.6) is 0 Å². The molecule has 1 heterocycles. The van der Waals surface area contributed by atoms with Crippen molar-refractivity contribution in [3.05, 3.63) is 0 Å². The van der Waals surface area contributed by atoms with Gasteiger partial charge in [0.15, 0.2) is 0 Å². The molecule has 1 N–H and O–H groups in total. The minimum absolute atomic E-state index is 0.222. The maximum Gasteiger partial charge on any atom is 0.225 e. The predicted molar refractivity (Wildman–Crippen MR) is 31.4 cm³/mol. The molecule has 0 aromatic carbocycles. The van der Waals surface area contributed by atoms with Gasteiger partial charge in [-0.1, -0.05) is 6.92 Å². The van der Waals surface area contributed by atoms with E-state index < -0.39 is 0 Å². The summed E-state index contributed by atoms with van der Waals surface area (Å²) in [6.45, 7) is 4.08. The van der Waals surface area contributed by atoms with Gasteiger partial charge in [0, 0.05) is 6.04 Å². The highest BCUT2D eigenvalue weighted by molar-refractivity contribution is 5.85. The number of hydrogen-bond acceptors (Lipinski definition) is 1. The van der Waals surface area contributed by atoms with Crippen LogP contribution in [0.3, 0.4) is 0 Å². The van der Waals surface area contributed by atoms with Gasteiger partial charge in [-0.25, -0.2) is 0 Å². The summed E-state index contributed by atoms with van der Waals surface area (Å²) >= 11 is 0. The fourth-order valence-corrected chi connectivity index (χ4v) is 1.10. The molecular weight excluding hydrogens is 102 g/mol. The Kier molecular flexibility index (Phi) is 1.24. The molecule has 8 heavy (non-hydrogen) atoms. The predicted octanol–water partition coefficient (Wildman–Crippen LogP) is 0.531. The molecule has 0 radical (unpaired) electrons. The molecule has 1 fully saturated rings. The van der Waals surface area contributed by atoms with Crippen LogP contribution in [-0.4, -0.2) is 11.9 Å². The molecule has 1 rings (SSSR count). The number of nitrogens with one attached hydrogen (secondary N) is 1. The molecule has 1 amide bonds. The van der Waals surface area contributed by atoms with Crippen molar-refractivity contribution in [3.63, 3.8) is 0 Å². The van der Waals surface area contributed by atoms with Gasteiger partial charge in [-0.2, -0.15) is 0 Å². The molecular formula is C6H11NO. The molecule has 1 saturated heterocycles. The van der Waals surface area contributed by atoms with Crippen molar-refractivity contribution in [3.8, 4) is 0 Å². The lowest BCUT2D eigenvalue weighted by molar-refractivity contribution is -0.134. The second-order valence-corrected chi connectivity index (χ2v) is 2.31. The molecule has 1 aliphatic rings. The van der Waals surface area contributed by atoms with Gasteiger partial charge >= 0.3 is 0 Å². The Bertz CT molecular complexity index is 111. The van der Waals surface area contributed by atoms with Crippen molar-refractivity contribution in [2.45, 2.75) is 26.3 Å². The Morgan fingerprint density at radius 3 is 2.50 bits per heavy atom. The molecule has 1 aliphatic heterocycles. The third kappa shape index (κ3) is 0.602. The summed E-state index contributed by atoms with van der Waals surface area (Å²) in [4.78, 5) is 10.6. The largest absolute Gasteiger partial charge is 0.353 e. The first-order valence-corrected chi connectivity index (χ1v) is 3.06. The second-order valence-electron chi connectivity index (χ2n) is 2.31. The Morgan fingerprint density at radius 2 is 2.38 bits per heavy atom. The lowest BCUT2D eigenvalue weighted by atomic mass is 9.90. The van der Waals surface area contributed by atoms with Crippen LogP contribution in [0.1, 0.15) is 20.3 Å². The maximum absolute atomic E-state index is 10.6. The molecule has 0 unspecified atom stereocenters. The van der Waals surface area contributed by atoms with Crippen LogP contribution >= 0.6 is 0 Å². The van der Waals surface area contributed by atoms with E-state index in [1.165, 1.54) is 0 Å². The molecule has 0 bridgehead atoms. The first-order valence-electron chi connectivity index (χ1n) is 3.06. The van der Waals surface area contributed by atoms with Crippen LogP contribution in [0.15, 0.2) is 0 Å². The van der Waals surface area contributed by atoms with Crippen LogP contribution < -0.4 is 5.32 Å². The summed E-state index contributed by atoms with van der Waals surface area (Å²) < 4.78 is 0. The highest BCUT2D eigenvalue weighted by atomic mass is 16.2. The van der Waals surface area contributed by atoms with Crippen LogP contribution in [0, 0.1) is 5.92 Å². The number of carbonyl (C=O) groups is 1. The molecule has 0 aromatic heterocycles. The van der Waals surface area contributed by atoms with E-state index in [2.05, 4.69) is 5.32 Å². The fourth-order valence-electron chi connectivity index (χ4n) is 1.10. The topological polar surface area (TPSA) is 29.1 Å². The monoisotopic (exact) mass is 113 g/mol. The lowest BCUT2D eigenvalue weighted by Gasteiger charge is -2.33. The third-order valence-electron chi connectivity index (χ3n) is 1.75. The van der Waals surface area contributed by atoms with Crippen LogP contribution in [0.25, 0.3) is 0 Å². The number of hydrogen-bond donors (Lipinski definition) is 1. The molecule has 2 atom stereocenters. The van der Waals surface area contributed by atoms with Crippen LogP contribution in [-0.2, 0) is 4.79 Å². The summed E-state index contributed by atoms with van der Waals surface area (Å²) in [6, 6.07) is 0.424. The minimum atomic E-state index is 0.222. The number of rotatable bonds is 1. The average Bonchev–Trinajstić information content (AvgIpc) is 1.67. The van der Waals surface area contributed by atoms with Crippen molar-refractivity contribution in [2.24, 2.45) is 5.92 Å². The van der Waals surface area contributed by atoms with E-state index >= 15 is 0 Å². The van der Waals surface area contributed by atoms with E-state index in [0.717, 1.165) is 6.42 Å². The zero-order valence-corrected chi connectivity index (χ0v) is 5.27. The zero-order valence-electron chi connectivity index (χ0n) is 5.27. The Balaban J connectivity index is 2.40. The third-order valence-corrected chi connectivity index (χ3v) is 1.75. The first-order chi connectivity index (χ1) is 3.75. The highest BCUT2D eigenvalue weighted by Gasteiger charge is 2.33. The normalized spacial score (nSPS) is 36.0. The van der Waals surface area contributed by atoms with E-state index in [4.69, 9.17) is 0 Å². The fraction of sp³-hybridized carbons (Fsp3) is 0.833. The highest BCUT2D eigenvalue weighted by Crippen LogP contribution is 2.16. The van der Waals surface area contributed by atoms with Gasteiger partial charge in [0.1, 0.15) is 0 Å². The summed E-state index contributed by atoms with van der Waals surface area (Å²) in [5.41, 5.74) is 0. The first kappa shape index (κ1) is 5.60. The second kappa shape index (κ2) is 1.77. The molecule has 0 aromatic rings. The summed E-state index contributed by atoms with van der Waals surface area (Å²) in [5.74, 6) is 0.523. The van der Waals surface area contributed by atoms with Crippen molar-refractivity contribution in [2.75, 3.05) is 0 Å². The van der Waals surface area contributed by atoms with Crippen molar-refractivity contribution < 1.29 is 4.79 Å². The smallest absolute Gasteiger partial charge is 0.225 e. The van der Waals surface area contributed by atoms with Crippen LogP contribution in [0.2, 0.25) is 0 Å². The molecule has 0 aliphatic carbocycles. The van der Waals surface area contributed by atoms with E-state index in [-0.39, 0.29) is 5.91 Å².